The van der Waals surface area contributed by atoms with Gasteiger partial charge in [0.15, 0.2) is 0 Å². The van der Waals surface area contributed by atoms with Crippen molar-refractivity contribution in [1.82, 2.24) is 10.2 Å². The van der Waals surface area contributed by atoms with Gasteiger partial charge in [0.05, 0.1) is 0 Å². The molecule has 172 valence electrons. The summed E-state index contributed by atoms with van der Waals surface area (Å²) in [5, 5.41) is 3.70. The van der Waals surface area contributed by atoms with Crippen molar-refractivity contribution >= 4 is 6.09 Å². The second kappa shape index (κ2) is 9.27. The summed E-state index contributed by atoms with van der Waals surface area (Å²) in [4.78, 5) is 15.3. The third kappa shape index (κ3) is 5.53. The van der Waals surface area contributed by atoms with Crippen LogP contribution in [-0.4, -0.2) is 35.7 Å². The van der Waals surface area contributed by atoms with Crippen LogP contribution in [0.2, 0.25) is 0 Å². The Morgan fingerprint density at radius 2 is 1.78 bits per heavy atom. The first-order chi connectivity index (χ1) is 15.3. The van der Waals surface area contributed by atoms with Crippen molar-refractivity contribution in [3.05, 3.63) is 71.3 Å². The number of carbonyl (C=O) groups excluding carboxylic acids is 1. The molecule has 2 aromatic carbocycles. The lowest BCUT2D eigenvalue weighted by Crippen LogP contribution is -2.51. The van der Waals surface area contributed by atoms with E-state index in [9.17, 15) is 4.79 Å². The molecule has 1 N–H and O–H groups in total. The number of hydrogen-bond acceptors (Lipinski definition) is 3. The summed E-state index contributed by atoms with van der Waals surface area (Å²) in [6.45, 7) is 10.6. The summed E-state index contributed by atoms with van der Waals surface area (Å²) >= 11 is 0. The minimum Gasteiger partial charge on any atom is -0.444 e. The molecule has 4 heteroatoms. The van der Waals surface area contributed by atoms with E-state index < -0.39 is 5.60 Å². The predicted molar refractivity (Wildman–Crippen MR) is 130 cm³/mol. The quantitative estimate of drug-likeness (QED) is 0.550. The maximum absolute atomic E-state index is 13.3. The normalized spacial score (nSPS) is 21.5. The molecule has 0 aliphatic heterocycles. The molecule has 0 spiro atoms. The number of benzene rings is 2. The molecule has 2 aliphatic rings. The number of rotatable bonds is 8. The van der Waals surface area contributed by atoms with Crippen LogP contribution in [0.1, 0.15) is 69.1 Å². The summed E-state index contributed by atoms with van der Waals surface area (Å²) in [7, 11) is 0. The van der Waals surface area contributed by atoms with Crippen LogP contribution in [0.5, 0.6) is 0 Å². The summed E-state index contributed by atoms with van der Waals surface area (Å²) in [5.41, 5.74) is 3.65. The first-order valence-corrected chi connectivity index (χ1v) is 12.1. The van der Waals surface area contributed by atoms with Crippen molar-refractivity contribution in [3.63, 3.8) is 0 Å². The first-order valence-electron chi connectivity index (χ1n) is 12.1. The fourth-order valence-electron chi connectivity index (χ4n) is 4.92. The lowest BCUT2D eigenvalue weighted by molar-refractivity contribution is 0.00105. The van der Waals surface area contributed by atoms with Gasteiger partial charge in [-0.05, 0) is 63.6 Å². The number of nitrogens with one attached hydrogen (secondary N) is 1. The number of ether oxygens (including phenoxy) is 1. The van der Waals surface area contributed by atoms with Gasteiger partial charge in [-0.15, -0.1) is 0 Å². The van der Waals surface area contributed by atoms with Crippen LogP contribution < -0.4 is 5.32 Å². The molecule has 2 atom stereocenters. The molecule has 1 unspecified atom stereocenters. The third-order valence-electron chi connectivity index (χ3n) is 7.01. The fraction of sp³-hybridized carbons (Fsp3) is 0.536. The van der Waals surface area contributed by atoms with Gasteiger partial charge in [-0.25, -0.2) is 4.79 Å². The molecule has 2 fully saturated rings. The molecule has 1 amide bonds. The Labute approximate surface area is 193 Å². The summed E-state index contributed by atoms with van der Waals surface area (Å²) in [5.74, 6) is 0.417. The lowest BCUT2D eigenvalue weighted by Gasteiger charge is -2.45. The highest BCUT2D eigenvalue weighted by Gasteiger charge is 2.49. The molecule has 32 heavy (non-hydrogen) atoms. The highest BCUT2D eigenvalue weighted by atomic mass is 16.6. The van der Waals surface area contributed by atoms with E-state index in [1.54, 1.807) is 0 Å². The topological polar surface area (TPSA) is 41.6 Å². The van der Waals surface area contributed by atoms with Crippen molar-refractivity contribution in [3.8, 4) is 0 Å². The van der Waals surface area contributed by atoms with Crippen LogP contribution >= 0.6 is 0 Å². The third-order valence-corrected chi connectivity index (χ3v) is 7.01. The molecule has 0 saturated heterocycles. The SMILES string of the molecule is Cc1ccccc1CNCC1(CN(C(=O)OC(C)(C)C)[C@H]2CC2c2ccccc2)CCC1. The first kappa shape index (κ1) is 22.8. The number of hydrogen-bond donors (Lipinski definition) is 1. The van der Waals surface area contributed by atoms with E-state index in [0.717, 1.165) is 38.9 Å². The Hall–Kier alpha value is -2.33. The van der Waals surface area contributed by atoms with E-state index in [4.69, 9.17) is 4.74 Å². The Kier molecular flexibility index (Phi) is 6.62. The summed E-state index contributed by atoms with van der Waals surface area (Å²) in [6.07, 6.45) is 4.42. The monoisotopic (exact) mass is 434 g/mol. The molecule has 4 nitrogen and oxygen atoms in total. The van der Waals surface area contributed by atoms with Crippen LogP contribution in [0.4, 0.5) is 4.79 Å². The minimum atomic E-state index is -0.484. The highest BCUT2D eigenvalue weighted by Crippen LogP contribution is 2.48. The van der Waals surface area contributed by atoms with Crippen LogP contribution in [0.3, 0.4) is 0 Å². The zero-order chi connectivity index (χ0) is 22.8. The molecule has 2 aliphatic carbocycles. The standard InChI is InChI=1S/C28H38N2O2/c1-21-11-8-9-14-23(21)18-29-19-28(15-10-16-28)20-30(26(31)32-27(2,3)4)25-17-24(25)22-12-6-5-7-13-22/h5-9,11-14,24-25,29H,10,15-20H2,1-4H3/t24?,25-/m0/s1. The van der Waals surface area contributed by atoms with E-state index >= 15 is 0 Å². The number of amides is 1. The average Bonchev–Trinajstić information content (AvgIpc) is 3.50. The van der Waals surface area contributed by atoms with Gasteiger partial charge in [-0.1, -0.05) is 61.0 Å². The molecule has 2 aromatic rings. The van der Waals surface area contributed by atoms with E-state index in [2.05, 4.69) is 71.7 Å². The molecule has 0 bridgehead atoms. The van der Waals surface area contributed by atoms with Crippen LogP contribution in [-0.2, 0) is 11.3 Å². The van der Waals surface area contributed by atoms with Crippen molar-refractivity contribution in [2.45, 2.75) is 77.5 Å². The van der Waals surface area contributed by atoms with Crippen LogP contribution in [0, 0.1) is 12.3 Å². The van der Waals surface area contributed by atoms with Gasteiger partial charge in [0.2, 0.25) is 0 Å². The van der Waals surface area contributed by atoms with Gasteiger partial charge in [0, 0.05) is 37.0 Å². The predicted octanol–water partition coefficient (Wildman–Crippen LogP) is 6.05. The Balaban J connectivity index is 1.44. The van der Waals surface area contributed by atoms with Gasteiger partial charge < -0.3 is 15.0 Å². The lowest BCUT2D eigenvalue weighted by atomic mass is 9.68. The summed E-state index contributed by atoms with van der Waals surface area (Å²) < 4.78 is 5.86. The largest absolute Gasteiger partial charge is 0.444 e. The van der Waals surface area contributed by atoms with Crippen molar-refractivity contribution in [1.29, 1.82) is 0 Å². The maximum atomic E-state index is 13.3. The zero-order valence-electron chi connectivity index (χ0n) is 20.1. The molecule has 2 saturated carbocycles. The summed E-state index contributed by atoms with van der Waals surface area (Å²) in [6, 6.07) is 19.4. The molecular formula is C28H38N2O2. The highest BCUT2D eigenvalue weighted by molar-refractivity contribution is 5.69. The van der Waals surface area contributed by atoms with Crippen molar-refractivity contribution in [2.24, 2.45) is 5.41 Å². The van der Waals surface area contributed by atoms with Crippen molar-refractivity contribution in [2.75, 3.05) is 13.1 Å². The molecule has 0 radical (unpaired) electrons. The fourth-order valence-corrected chi connectivity index (χ4v) is 4.92. The number of aryl methyl sites for hydroxylation is 1. The minimum absolute atomic E-state index is 0.142. The van der Waals surface area contributed by atoms with Gasteiger partial charge in [0.1, 0.15) is 5.60 Å². The van der Waals surface area contributed by atoms with E-state index in [1.807, 2.05) is 20.8 Å². The Bertz CT molecular complexity index is 915. The van der Waals surface area contributed by atoms with Crippen LogP contribution in [0.25, 0.3) is 0 Å². The van der Waals surface area contributed by atoms with Gasteiger partial charge in [-0.3, -0.25) is 0 Å². The molecule has 0 heterocycles. The average molecular weight is 435 g/mol. The van der Waals surface area contributed by atoms with Crippen molar-refractivity contribution < 1.29 is 9.53 Å². The van der Waals surface area contributed by atoms with Crippen LogP contribution in [0.15, 0.2) is 54.6 Å². The molecular weight excluding hydrogens is 396 g/mol. The van der Waals surface area contributed by atoms with E-state index in [-0.39, 0.29) is 17.6 Å². The Morgan fingerprint density at radius 1 is 1.09 bits per heavy atom. The van der Waals surface area contributed by atoms with E-state index in [0.29, 0.717) is 5.92 Å². The second-order valence-corrected chi connectivity index (χ2v) is 10.8. The number of nitrogens with zero attached hydrogens (tertiary/aromatic N) is 1. The molecule has 0 aromatic heterocycles. The zero-order valence-corrected chi connectivity index (χ0v) is 20.1. The maximum Gasteiger partial charge on any atom is 0.410 e. The second-order valence-electron chi connectivity index (χ2n) is 10.8. The Morgan fingerprint density at radius 3 is 2.41 bits per heavy atom. The molecule has 4 rings (SSSR count). The smallest absolute Gasteiger partial charge is 0.410 e. The van der Waals surface area contributed by atoms with E-state index in [1.165, 1.54) is 23.1 Å². The van der Waals surface area contributed by atoms with Gasteiger partial charge in [-0.2, -0.15) is 0 Å². The van der Waals surface area contributed by atoms with Gasteiger partial charge in [0.25, 0.3) is 0 Å². The number of carbonyl (C=O) groups is 1. The van der Waals surface area contributed by atoms with Gasteiger partial charge >= 0.3 is 6.09 Å².